The number of hydrogen-bond donors (Lipinski definition) is 0. The van der Waals surface area contributed by atoms with Gasteiger partial charge >= 0.3 is 0 Å². The molecule has 0 saturated carbocycles. The Morgan fingerprint density at radius 2 is 1.38 bits per heavy atom. The molecule has 164 valence electrons. The zero-order valence-corrected chi connectivity index (χ0v) is 17.5. The number of benzene rings is 3. The lowest BCUT2D eigenvalue weighted by molar-refractivity contribution is -0.00700. The lowest BCUT2D eigenvalue weighted by Crippen LogP contribution is -2.19. The van der Waals surface area contributed by atoms with Gasteiger partial charge in [0.2, 0.25) is 0 Å². The fourth-order valence-corrected chi connectivity index (χ4v) is 4.28. The molecule has 5 heteroatoms. The zero-order valence-electron chi connectivity index (χ0n) is 17.5. The third-order valence-electron chi connectivity index (χ3n) is 6.31. The van der Waals surface area contributed by atoms with Crippen LogP contribution in [0, 0.1) is 23.4 Å². The van der Waals surface area contributed by atoms with Crippen molar-refractivity contribution in [2.75, 3.05) is 13.2 Å². The summed E-state index contributed by atoms with van der Waals surface area (Å²) in [6.07, 6.45) is 2.99. The largest absolute Gasteiger partial charge is 0.373 e. The fraction of sp³-hybridized carbons (Fsp3) is 0.259. The van der Waals surface area contributed by atoms with Crippen LogP contribution in [0.25, 0.3) is 22.3 Å². The van der Waals surface area contributed by atoms with Crippen molar-refractivity contribution in [3.63, 3.8) is 0 Å². The molecule has 32 heavy (non-hydrogen) atoms. The van der Waals surface area contributed by atoms with Crippen LogP contribution in [0.4, 0.5) is 13.2 Å². The van der Waals surface area contributed by atoms with E-state index in [9.17, 15) is 13.2 Å². The first-order valence-corrected chi connectivity index (χ1v) is 10.8. The number of hydrogen-bond acceptors (Lipinski definition) is 2. The molecule has 0 bridgehead atoms. The van der Waals surface area contributed by atoms with E-state index in [1.54, 1.807) is 42.5 Å². The smallest absolute Gasteiger partial charge is 0.167 e. The van der Waals surface area contributed by atoms with Crippen LogP contribution in [-0.4, -0.2) is 13.2 Å². The summed E-state index contributed by atoms with van der Waals surface area (Å²) in [5.41, 5.74) is 3.06. The van der Waals surface area contributed by atoms with E-state index >= 15 is 0 Å². The van der Waals surface area contributed by atoms with Crippen molar-refractivity contribution in [2.45, 2.75) is 25.0 Å². The molecule has 2 saturated heterocycles. The van der Waals surface area contributed by atoms with Gasteiger partial charge in [-0.25, -0.2) is 13.2 Å². The maximum absolute atomic E-state index is 14.8. The first-order valence-electron chi connectivity index (χ1n) is 10.8. The molecule has 5 rings (SSSR count). The summed E-state index contributed by atoms with van der Waals surface area (Å²) >= 11 is 0. The van der Waals surface area contributed by atoms with Gasteiger partial charge in [0.05, 0.1) is 19.3 Å². The van der Waals surface area contributed by atoms with E-state index in [4.69, 9.17) is 9.47 Å². The van der Waals surface area contributed by atoms with Gasteiger partial charge < -0.3 is 9.47 Å². The Labute approximate surface area is 185 Å². The molecule has 0 aromatic heterocycles. The van der Waals surface area contributed by atoms with Gasteiger partial charge in [0, 0.05) is 22.6 Å². The molecule has 2 fully saturated rings. The lowest BCUT2D eigenvalue weighted by atomic mass is 9.93. The van der Waals surface area contributed by atoms with Crippen molar-refractivity contribution in [1.82, 2.24) is 0 Å². The first kappa shape index (κ1) is 21.0. The molecule has 3 atom stereocenters. The van der Waals surface area contributed by atoms with E-state index in [1.165, 1.54) is 6.07 Å². The molecule has 2 nitrogen and oxygen atoms in total. The molecular formula is C27H23F3O2. The Bertz CT molecular complexity index is 1140. The Morgan fingerprint density at radius 1 is 0.719 bits per heavy atom. The molecule has 3 aromatic rings. The highest BCUT2D eigenvalue weighted by molar-refractivity contribution is 5.71. The highest BCUT2D eigenvalue weighted by Crippen LogP contribution is 2.37. The molecule has 0 aliphatic carbocycles. The summed E-state index contributed by atoms with van der Waals surface area (Å²) in [6, 6.07) is 15.3. The Balaban J connectivity index is 1.36. The van der Waals surface area contributed by atoms with Gasteiger partial charge in [0.25, 0.3) is 0 Å². The van der Waals surface area contributed by atoms with Crippen LogP contribution >= 0.6 is 0 Å². The maximum Gasteiger partial charge on any atom is 0.167 e. The predicted molar refractivity (Wildman–Crippen MR) is 117 cm³/mol. The van der Waals surface area contributed by atoms with Crippen molar-refractivity contribution >= 4 is 0 Å². The summed E-state index contributed by atoms with van der Waals surface area (Å²) in [5, 5.41) is 0. The van der Waals surface area contributed by atoms with Crippen LogP contribution in [0.1, 0.15) is 36.2 Å². The predicted octanol–water partition coefficient (Wildman–Crippen LogP) is 7.16. The van der Waals surface area contributed by atoms with Crippen LogP contribution in [0.3, 0.4) is 0 Å². The second-order valence-electron chi connectivity index (χ2n) is 8.36. The molecule has 0 N–H and O–H groups in total. The van der Waals surface area contributed by atoms with Crippen LogP contribution < -0.4 is 0 Å². The molecule has 0 amide bonds. The standard InChI is InChI=1S/C27H23F3O2/c1-2-16-3-12-24(31-14-16)21-9-8-19(13-23(21)28)17-4-6-18(7-5-17)20-10-11-22(25-15-32-25)27(30)26(20)29/h2,4-11,13,16,24-25H,1,3,12,14-15H2. The minimum absolute atomic E-state index is 0.187. The Morgan fingerprint density at radius 3 is 2.00 bits per heavy atom. The molecular weight excluding hydrogens is 413 g/mol. The van der Waals surface area contributed by atoms with E-state index < -0.39 is 11.6 Å². The van der Waals surface area contributed by atoms with E-state index in [0.29, 0.717) is 35.8 Å². The molecule has 0 radical (unpaired) electrons. The van der Waals surface area contributed by atoms with E-state index in [0.717, 1.165) is 18.4 Å². The van der Waals surface area contributed by atoms with E-state index in [-0.39, 0.29) is 29.2 Å². The third kappa shape index (κ3) is 3.98. The number of ether oxygens (including phenoxy) is 2. The van der Waals surface area contributed by atoms with Crippen molar-refractivity contribution in [3.05, 3.63) is 95.8 Å². The molecule has 0 spiro atoms. The molecule has 2 heterocycles. The van der Waals surface area contributed by atoms with Crippen molar-refractivity contribution in [3.8, 4) is 22.3 Å². The lowest BCUT2D eigenvalue weighted by Gasteiger charge is -2.28. The van der Waals surface area contributed by atoms with Crippen molar-refractivity contribution in [1.29, 1.82) is 0 Å². The van der Waals surface area contributed by atoms with E-state index in [2.05, 4.69) is 6.58 Å². The van der Waals surface area contributed by atoms with Gasteiger partial charge in [-0.2, -0.15) is 0 Å². The van der Waals surface area contributed by atoms with Crippen LogP contribution in [0.5, 0.6) is 0 Å². The first-order chi connectivity index (χ1) is 15.5. The van der Waals surface area contributed by atoms with E-state index in [1.807, 2.05) is 12.1 Å². The summed E-state index contributed by atoms with van der Waals surface area (Å²) in [4.78, 5) is 0. The summed E-state index contributed by atoms with van der Waals surface area (Å²) in [6.45, 7) is 4.77. The topological polar surface area (TPSA) is 21.8 Å². The zero-order chi connectivity index (χ0) is 22.2. The molecule has 2 aliphatic rings. The van der Waals surface area contributed by atoms with Gasteiger partial charge in [-0.05, 0) is 35.6 Å². The average molecular weight is 436 g/mol. The number of halogens is 3. The number of rotatable bonds is 5. The van der Waals surface area contributed by atoms with Gasteiger partial charge in [0.15, 0.2) is 11.6 Å². The summed E-state index contributed by atoms with van der Waals surface area (Å²) in [7, 11) is 0. The SMILES string of the molecule is C=CC1CCC(c2ccc(-c3ccc(-c4ccc(C5CO5)c(F)c4F)cc3)cc2F)OC1. The second kappa shape index (κ2) is 8.57. The van der Waals surface area contributed by atoms with Gasteiger partial charge in [0.1, 0.15) is 11.9 Å². The minimum atomic E-state index is -0.882. The normalized spacial score (nSPS) is 22.5. The Kier molecular flexibility index (Phi) is 5.62. The average Bonchev–Trinajstić information content (AvgIpc) is 3.66. The van der Waals surface area contributed by atoms with Gasteiger partial charge in [-0.3, -0.25) is 0 Å². The quantitative estimate of drug-likeness (QED) is 0.313. The summed E-state index contributed by atoms with van der Waals surface area (Å²) < 4.78 is 54.7. The third-order valence-corrected chi connectivity index (χ3v) is 6.31. The van der Waals surface area contributed by atoms with Gasteiger partial charge in [-0.1, -0.05) is 54.6 Å². The maximum atomic E-state index is 14.8. The van der Waals surface area contributed by atoms with Crippen molar-refractivity contribution < 1.29 is 22.6 Å². The van der Waals surface area contributed by atoms with Crippen LogP contribution in [0.15, 0.2) is 67.3 Å². The highest BCUT2D eigenvalue weighted by Gasteiger charge is 2.30. The highest BCUT2D eigenvalue weighted by atomic mass is 19.2. The van der Waals surface area contributed by atoms with Gasteiger partial charge in [-0.15, -0.1) is 6.58 Å². The van der Waals surface area contributed by atoms with Crippen LogP contribution in [-0.2, 0) is 9.47 Å². The van der Waals surface area contributed by atoms with Crippen molar-refractivity contribution in [2.24, 2.45) is 5.92 Å². The molecule has 3 unspecified atom stereocenters. The fourth-order valence-electron chi connectivity index (χ4n) is 4.28. The molecule has 3 aromatic carbocycles. The summed E-state index contributed by atoms with van der Waals surface area (Å²) in [5.74, 6) is -1.73. The molecule has 2 aliphatic heterocycles. The monoisotopic (exact) mass is 436 g/mol. The van der Waals surface area contributed by atoms with Crippen LogP contribution in [0.2, 0.25) is 0 Å². The minimum Gasteiger partial charge on any atom is -0.373 e. The number of epoxide rings is 1. The second-order valence-corrected chi connectivity index (χ2v) is 8.36. The Hall–Kier alpha value is -2.89.